The topological polar surface area (TPSA) is 74.6 Å². The SMILES string of the molecule is CN(C(=O)c1ccco1)c1ccccc1C(=O)NCCC1CCCNC1. The molecule has 1 fully saturated rings. The zero-order valence-corrected chi connectivity index (χ0v) is 15.0. The highest BCUT2D eigenvalue weighted by Crippen LogP contribution is 2.21. The standard InChI is InChI=1S/C20H25N3O3/c1-23(20(25)18-9-5-13-26-18)17-8-3-2-7-16(17)19(24)22-12-10-15-6-4-11-21-14-15/h2-3,5,7-9,13,15,21H,4,6,10-12,14H2,1H3,(H,22,24). The summed E-state index contributed by atoms with van der Waals surface area (Å²) >= 11 is 0. The molecule has 1 aliphatic rings. The molecular formula is C20H25N3O3. The highest BCUT2D eigenvalue weighted by Gasteiger charge is 2.21. The molecule has 6 heteroatoms. The number of para-hydroxylation sites is 1. The van der Waals surface area contributed by atoms with Gasteiger partial charge in [-0.1, -0.05) is 12.1 Å². The summed E-state index contributed by atoms with van der Waals surface area (Å²) < 4.78 is 5.17. The van der Waals surface area contributed by atoms with Crippen LogP contribution in [0.4, 0.5) is 5.69 Å². The van der Waals surface area contributed by atoms with Crippen molar-refractivity contribution in [1.29, 1.82) is 0 Å². The van der Waals surface area contributed by atoms with Crippen LogP contribution in [0.15, 0.2) is 47.1 Å². The predicted octanol–water partition coefficient (Wildman–Crippen LogP) is 2.68. The van der Waals surface area contributed by atoms with Crippen LogP contribution in [0.2, 0.25) is 0 Å². The highest BCUT2D eigenvalue weighted by atomic mass is 16.3. The fourth-order valence-electron chi connectivity index (χ4n) is 3.29. The number of furan rings is 1. The van der Waals surface area contributed by atoms with Crippen molar-refractivity contribution >= 4 is 17.5 Å². The molecule has 138 valence electrons. The molecule has 0 radical (unpaired) electrons. The molecule has 1 unspecified atom stereocenters. The zero-order chi connectivity index (χ0) is 18.4. The molecule has 2 heterocycles. The fourth-order valence-corrected chi connectivity index (χ4v) is 3.29. The van der Waals surface area contributed by atoms with Gasteiger partial charge in [-0.3, -0.25) is 9.59 Å². The molecule has 26 heavy (non-hydrogen) atoms. The van der Waals surface area contributed by atoms with Crippen LogP contribution >= 0.6 is 0 Å². The molecule has 0 bridgehead atoms. The van der Waals surface area contributed by atoms with E-state index in [1.54, 1.807) is 37.4 Å². The van der Waals surface area contributed by atoms with E-state index in [-0.39, 0.29) is 17.6 Å². The highest BCUT2D eigenvalue weighted by molar-refractivity contribution is 6.09. The third kappa shape index (κ3) is 4.32. The molecular weight excluding hydrogens is 330 g/mol. The van der Waals surface area contributed by atoms with Gasteiger partial charge in [0.25, 0.3) is 11.8 Å². The van der Waals surface area contributed by atoms with Crippen molar-refractivity contribution in [3.05, 3.63) is 54.0 Å². The molecule has 0 spiro atoms. The van der Waals surface area contributed by atoms with Crippen LogP contribution in [0.25, 0.3) is 0 Å². The van der Waals surface area contributed by atoms with E-state index >= 15 is 0 Å². The molecule has 1 atom stereocenters. The molecule has 6 nitrogen and oxygen atoms in total. The van der Waals surface area contributed by atoms with Gasteiger partial charge < -0.3 is 20.0 Å². The molecule has 2 N–H and O–H groups in total. The summed E-state index contributed by atoms with van der Waals surface area (Å²) in [5, 5.41) is 6.38. The lowest BCUT2D eigenvalue weighted by molar-refractivity contribution is 0.0951. The summed E-state index contributed by atoms with van der Waals surface area (Å²) in [6, 6.07) is 10.4. The van der Waals surface area contributed by atoms with Crippen molar-refractivity contribution in [1.82, 2.24) is 10.6 Å². The Bertz CT molecular complexity index is 737. The second-order valence-corrected chi connectivity index (χ2v) is 6.62. The smallest absolute Gasteiger partial charge is 0.293 e. The van der Waals surface area contributed by atoms with Gasteiger partial charge in [0.2, 0.25) is 0 Å². The molecule has 1 aliphatic heterocycles. The molecule has 1 aromatic heterocycles. The van der Waals surface area contributed by atoms with Gasteiger partial charge >= 0.3 is 0 Å². The minimum atomic E-state index is -0.288. The number of amides is 2. The van der Waals surface area contributed by atoms with Crippen LogP contribution in [0.1, 0.15) is 40.2 Å². The first-order valence-electron chi connectivity index (χ1n) is 9.06. The van der Waals surface area contributed by atoms with E-state index in [9.17, 15) is 9.59 Å². The van der Waals surface area contributed by atoms with E-state index in [2.05, 4.69) is 10.6 Å². The summed E-state index contributed by atoms with van der Waals surface area (Å²) in [5.41, 5.74) is 1.04. The van der Waals surface area contributed by atoms with Crippen LogP contribution in [0.5, 0.6) is 0 Å². The van der Waals surface area contributed by atoms with Crippen molar-refractivity contribution in [2.45, 2.75) is 19.3 Å². The van der Waals surface area contributed by atoms with Gasteiger partial charge in [0.15, 0.2) is 5.76 Å². The number of nitrogens with one attached hydrogen (secondary N) is 2. The average molecular weight is 355 g/mol. The maximum absolute atomic E-state index is 12.6. The summed E-state index contributed by atoms with van der Waals surface area (Å²) in [6.07, 6.45) is 4.82. The quantitative estimate of drug-likeness (QED) is 0.835. The summed E-state index contributed by atoms with van der Waals surface area (Å²) in [6.45, 7) is 2.74. The second kappa shape index (κ2) is 8.67. The van der Waals surface area contributed by atoms with Crippen LogP contribution in [-0.2, 0) is 0 Å². The largest absolute Gasteiger partial charge is 0.459 e. The zero-order valence-electron chi connectivity index (χ0n) is 15.0. The van der Waals surface area contributed by atoms with Crippen LogP contribution < -0.4 is 15.5 Å². The Labute approximate surface area is 153 Å². The van der Waals surface area contributed by atoms with E-state index < -0.39 is 0 Å². The summed E-state index contributed by atoms with van der Waals surface area (Å²) in [5.74, 6) is 0.405. The molecule has 1 saturated heterocycles. The van der Waals surface area contributed by atoms with Crippen LogP contribution in [0, 0.1) is 5.92 Å². The van der Waals surface area contributed by atoms with Gasteiger partial charge in [0.1, 0.15) is 0 Å². The van der Waals surface area contributed by atoms with Crippen molar-refractivity contribution < 1.29 is 14.0 Å². The Morgan fingerprint density at radius 3 is 2.85 bits per heavy atom. The van der Waals surface area contributed by atoms with Gasteiger partial charge in [-0.25, -0.2) is 0 Å². The fraction of sp³-hybridized carbons (Fsp3) is 0.400. The normalized spacial score (nSPS) is 16.9. The van der Waals surface area contributed by atoms with Crippen molar-refractivity contribution in [2.24, 2.45) is 5.92 Å². The molecule has 3 rings (SSSR count). The summed E-state index contributed by atoms with van der Waals surface area (Å²) in [4.78, 5) is 26.6. The van der Waals surface area contributed by atoms with Gasteiger partial charge in [-0.05, 0) is 62.5 Å². The molecule has 0 saturated carbocycles. The average Bonchev–Trinajstić information content (AvgIpc) is 3.22. The molecule has 1 aromatic carbocycles. The molecule has 0 aliphatic carbocycles. The van der Waals surface area contributed by atoms with Crippen molar-refractivity contribution in [3.63, 3.8) is 0 Å². The minimum absolute atomic E-state index is 0.163. The lowest BCUT2D eigenvalue weighted by Gasteiger charge is -2.23. The third-order valence-corrected chi connectivity index (χ3v) is 4.78. The minimum Gasteiger partial charge on any atom is -0.459 e. The van der Waals surface area contributed by atoms with E-state index in [4.69, 9.17) is 4.42 Å². The van der Waals surface area contributed by atoms with E-state index in [0.717, 1.165) is 19.5 Å². The number of piperidine rings is 1. The van der Waals surface area contributed by atoms with E-state index in [1.165, 1.54) is 24.0 Å². The van der Waals surface area contributed by atoms with Gasteiger partial charge in [-0.2, -0.15) is 0 Å². The predicted molar refractivity (Wildman–Crippen MR) is 100 cm³/mol. The number of anilines is 1. The monoisotopic (exact) mass is 355 g/mol. The maximum atomic E-state index is 12.6. The third-order valence-electron chi connectivity index (χ3n) is 4.78. The van der Waals surface area contributed by atoms with E-state index in [1.807, 2.05) is 6.07 Å². The van der Waals surface area contributed by atoms with Crippen molar-refractivity contribution in [3.8, 4) is 0 Å². The van der Waals surface area contributed by atoms with Gasteiger partial charge in [-0.15, -0.1) is 0 Å². The van der Waals surface area contributed by atoms with Crippen molar-refractivity contribution in [2.75, 3.05) is 31.6 Å². The number of carbonyl (C=O) groups excluding carboxylic acids is 2. The molecule has 2 aromatic rings. The number of nitrogens with zero attached hydrogens (tertiary/aromatic N) is 1. The lowest BCUT2D eigenvalue weighted by Crippen LogP contribution is -2.34. The maximum Gasteiger partial charge on any atom is 0.293 e. The molecule has 2 amide bonds. The van der Waals surface area contributed by atoms with Crippen LogP contribution in [0.3, 0.4) is 0 Å². The first-order chi connectivity index (χ1) is 12.7. The first kappa shape index (κ1) is 18.2. The first-order valence-corrected chi connectivity index (χ1v) is 9.06. The van der Waals surface area contributed by atoms with Gasteiger partial charge in [0, 0.05) is 13.6 Å². The number of hydrogen-bond acceptors (Lipinski definition) is 4. The number of carbonyl (C=O) groups is 2. The Morgan fingerprint density at radius 1 is 1.27 bits per heavy atom. The summed E-state index contributed by atoms with van der Waals surface area (Å²) in [7, 11) is 1.64. The lowest BCUT2D eigenvalue weighted by atomic mass is 9.96. The Kier molecular flexibility index (Phi) is 6.07. The van der Waals surface area contributed by atoms with Gasteiger partial charge in [0.05, 0.1) is 17.5 Å². The number of benzene rings is 1. The second-order valence-electron chi connectivity index (χ2n) is 6.62. The van der Waals surface area contributed by atoms with Crippen LogP contribution in [-0.4, -0.2) is 38.5 Å². The Hall–Kier alpha value is -2.60. The van der Waals surface area contributed by atoms with E-state index in [0.29, 0.717) is 23.7 Å². The number of rotatable bonds is 6. The Balaban J connectivity index is 1.64. The Morgan fingerprint density at radius 2 is 2.12 bits per heavy atom. The number of hydrogen-bond donors (Lipinski definition) is 2.